The second-order valence-electron chi connectivity index (χ2n) is 5.94. The third kappa shape index (κ3) is 3.82. The van der Waals surface area contributed by atoms with E-state index in [1.807, 2.05) is 6.08 Å². The van der Waals surface area contributed by atoms with Crippen LogP contribution < -0.4 is 5.32 Å². The number of allylic oxidation sites excluding steroid dienone is 1. The van der Waals surface area contributed by atoms with Gasteiger partial charge in [-0.3, -0.25) is 0 Å². The molecule has 17 heavy (non-hydrogen) atoms. The van der Waals surface area contributed by atoms with E-state index >= 15 is 0 Å². The standard InChI is InChI=1S/C15H28N2/c1-3-4-7-10-17(2)12-14-11-13-8-5-6-9-15(13)16-14/h3,13-16H,1,4-12H2,2H3. The van der Waals surface area contributed by atoms with E-state index in [9.17, 15) is 0 Å². The number of rotatable bonds is 6. The number of likely N-dealkylation sites (N-methyl/N-ethyl adjacent to an activating group) is 1. The van der Waals surface area contributed by atoms with Crippen LogP contribution in [-0.4, -0.2) is 37.1 Å². The Morgan fingerprint density at radius 2 is 2.18 bits per heavy atom. The van der Waals surface area contributed by atoms with E-state index in [1.54, 1.807) is 0 Å². The molecule has 2 aliphatic rings. The second-order valence-corrected chi connectivity index (χ2v) is 5.94. The van der Waals surface area contributed by atoms with Gasteiger partial charge in [-0.1, -0.05) is 18.9 Å². The Morgan fingerprint density at radius 3 is 2.94 bits per heavy atom. The number of unbranched alkanes of at least 4 members (excludes halogenated alkanes) is 1. The van der Waals surface area contributed by atoms with Crippen molar-refractivity contribution in [3.05, 3.63) is 12.7 Å². The highest BCUT2D eigenvalue weighted by molar-refractivity contribution is 4.93. The van der Waals surface area contributed by atoms with Crippen molar-refractivity contribution in [1.29, 1.82) is 0 Å². The second kappa shape index (κ2) is 6.55. The average molecular weight is 236 g/mol. The number of nitrogens with zero attached hydrogens (tertiary/aromatic N) is 1. The van der Waals surface area contributed by atoms with Gasteiger partial charge in [0.25, 0.3) is 0 Å². The van der Waals surface area contributed by atoms with E-state index in [2.05, 4.69) is 23.8 Å². The SMILES string of the molecule is C=CCCCN(C)CC1CC2CCCCC2N1. The van der Waals surface area contributed by atoms with Crippen LogP contribution in [0.5, 0.6) is 0 Å². The summed E-state index contributed by atoms with van der Waals surface area (Å²) in [5, 5.41) is 3.85. The van der Waals surface area contributed by atoms with Gasteiger partial charge in [-0.2, -0.15) is 0 Å². The first-order valence-electron chi connectivity index (χ1n) is 7.35. The molecule has 3 unspecified atom stereocenters. The molecule has 0 bridgehead atoms. The Balaban J connectivity index is 1.67. The fraction of sp³-hybridized carbons (Fsp3) is 0.867. The first-order chi connectivity index (χ1) is 8.29. The van der Waals surface area contributed by atoms with Gasteiger partial charge in [0, 0.05) is 18.6 Å². The summed E-state index contributed by atoms with van der Waals surface area (Å²) < 4.78 is 0. The number of fused-ring (bicyclic) bond motifs is 1. The van der Waals surface area contributed by atoms with Crippen molar-refractivity contribution in [3.8, 4) is 0 Å². The highest BCUT2D eigenvalue weighted by Gasteiger charge is 2.34. The first-order valence-corrected chi connectivity index (χ1v) is 7.35. The quantitative estimate of drug-likeness (QED) is 0.563. The minimum absolute atomic E-state index is 0.747. The van der Waals surface area contributed by atoms with Crippen LogP contribution in [-0.2, 0) is 0 Å². The van der Waals surface area contributed by atoms with Crippen molar-refractivity contribution in [1.82, 2.24) is 10.2 Å². The molecule has 0 amide bonds. The zero-order valence-corrected chi connectivity index (χ0v) is 11.3. The lowest BCUT2D eigenvalue weighted by Crippen LogP contribution is -2.39. The third-order valence-corrected chi connectivity index (χ3v) is 4.43. The van der Waals surface area contributed by atoms with Gasteiger partial charge in [-0.05, 0) is 51.6 Å². The van der Waals surface area contributed by atoms with E-state index < -0.39 is 0 Å². The largest absolute Gasteiger partial charge is 0.310 e. The molecule has 98 valence electrons. The van der Waals surface area contributed by atoms with Crippen molar-refractivity contribution in [2.24, 2.45) is 5.92 Å². The maximum atomic E-state index is 3.85. The lowest BCUT2D eigenvalue weighted by Gasteiger charge is -2.24. The minimum atomic E-state index is 0.747. The molecule has 2 heteroatoms. The Morgan fingerprint density at radius 1 is 1.35 bits per heavy atom. The monoisotopic (exact) mass is 236 g/mol. The summed E-state index contributed by atoms with van der Waals surface area (Å²) in [6.45, 7) is 6.21. The van der Waals surface area contributed by atoms with Crippen LogP contribution in [0.3, 0.4) is 0 Å². The van der Waals surface area contributed by atoms with Gasteiger partial charge in [0.15, 0.2) is 0 Å². The van der Waals surface area contributed by atoms with Crippen LogP contribution in [0, 0.1) is 5.92 Å². The number of nitrogens with one attached hydrogen (secondary N) is 1. The smallest absolute Gasteiger partial charge is 0.0200 e. The minimum Gasteiger partial charge on any atom is -0.310 e. The summed E-state index contributed by atoms with van der Waals surface area (Å²) >= 11 is 0. The highest BCUT2D eigenvalue weighted by atomic mass is 15.1. The van der Waals surface area contributed by atoms with Gasteiger partial charge in [-0.15, -0.1) is 6.58 Å². The first kappa shape index (κ1) is 13.1. The van der Waals surface area contributed by atoms with E-state index in [0.717, 1.165) is 24.4 Å². The van der Waals surface area contributed by atoms with Crippen molar-refractivity contribution >= 4 is 0 Å². The fourth-order valence-electron chi connectivity index (χ4n) is 3.55. The zero-order chi connectivity index (χ0) is 12.1. The Bertz CT molecular complexity index is 225. The molecule has 0 aromatic rings. The van der Waals surface area contributed by atoms with Crippen molar-refractivity contribution in [2.75, 3.05) is 20.1 Å². The summed E-state index contributed by atoms with van der Waals surface area (Å²) in [6, 6.07) is 1.59. The predicted octanol–water partition coefficient (Wildman–Crippen LogP) is 2.81. The third-order valence-electron chi connectivity index (χ3n) is 4.43. The Labute approximate surface area is 106 Å². The maximum Gasteiger partial charge on any atom is 0.0200 e. The molecular weight excluding hydrogens is 208 g/mol. The number of hydrogen-bond donors (Lipinski definition) is 1. The Hall–Kier alpha value is -0.340. The lowest BCUT2D eigenvalue weighted by molar-refractivity contribution is 0.293. The van der Waals surface area contributed by atoms with Crippen LogP contribution in [0.2, 0.25) is 0 Å². The molecule has 1 aliphatic carbocycles. The molecule has 0 radical (unpaired) electrons. The van der Waals surface area contributed by atoms with Crippen molar-refractivity contribution in [3.63, 3.8) is 0 Å². The van der Waals surface area contributed by atoms with Crippen LogP contribution in [0.4, 0.5) is 0 Å². The molecule has 2 nitrogen and oxygen atoms in total. The van der Waals surface area contributed by atoms with E-state index in [0.29, 0.717) is 0 Å². The van der Waals surface area contributed by atoms with Crippen LogP contribution in [0.15, 0.2) is 12.7 Å². The predicted molar refractivity (Wildman–Crippen MR) is 74.2 cm³/mol. The molecule has 0 spiro atoms. The van der Waals surface area contributed by atoms with Crippen LogP contribution in [0.25, 0.3) is 0 Å². The molecule has 1 saturated carbocycles. The molecule has 1 heterocycles. The topological polar surface area (TPSA) is 15.3 Å². The summed E-state index contributed by atoms with van der Waals surface area (Å²) in [7, 11) is 2.26. The van der Waals surface area contributed by atoms with E-state index in [4.69, 9.17) is 0 Å². The normalized spacial score (nSPS) is 32.7. The van der Waals surface area contributed by atoms with E-state index in [1.165, 1.54) is 51.6 Å². The van der Waals surface area contributed by atoms with Gasteiger partial charge in [0.2, 0.25) is 0 Å². The van der Waals surface area contributed by atoms with Gasteiger partial charge in [0.1, 0.15) is 0 Å². The molecule has 1 N–H and O–H groups in total. The molecule has 1 saturated heterocycles. The van der Waals surface area contributed by atoms with E-state index in [-0.39, 0.29) is 0 Å². The molecule has 0 aromatic carbocycles. The molecular formula is C15H28N2. The number of hydrogen-bond acceptors (Lipinski definition) is 2. The van der Waals surface area contributed by atoms with Gasteiger partial charge in [0.05, 0.1) is 0 Å². The lowest BCUT2D eigenvalue weighted by atomic mass is 9.85. The Kier molecular flexibility index (Phi) is 5.05. The average Bonchev–Trinajstić information content (AvgIpc) is 2.71. The van der Waals surface area contributed by atoms with Crippen LogP contribution >= 0.6 is 0 Å². The molecule has 0 aromatic heterocycles. The van der Waals surface area contributed by atoms with Crippen molar-refractivity contribution < 1.29 is 0 Å². The van der Waals surface area contributed by atoms with Gasteiger partial charge >= 0.3 is 0 Å². The maximum absolute atomic E-state index is 3.85. The fourth-order valence-corrected chi connectivity index (χ4v) is 3.55. The van der Waals surface area contributed by atoms with Crippen LogP contribution in [0.1, 0.15) is 44.9 Å². The summed E-state index contributed by atoms with van der Waals surface area (Å²) in [6.07, 6.45) is 11.6. The van der Waals surface area contributed by atoms with Crippen molar-refractivity contribution in [2.45, 2.75) is 57.0 Å². The molecule has 3 atom stereocenters. The summed E-state index contributed by atoms with van der Waals surface area (Å²) in [4.78, 5) is 2.48. The summed E-state index contributed by atoms with van der Waals surface area (Å²) in [5.41, 5.74) is 0. The zero-order valence-electron chi connectivity index (χ0n) is 11.3. The molecule has 2 fully saturated rings. The van der Waals surface area contributed by atoms with Gasteiger partial charge < -0.3 is 10.2 Å². The summed E-state index contributed by atoms with van der Waals surface area (Å²) in [5.74, 6) is 0.982. The molecule has 1 aliphatic heterocycles. The van der Waals surface area contributed by atoms with Gasteiger partial charge in [-0.25, -0.2) is 0 Å². The molecule has 2 rings (SSSR count). The highest BCUT2D eigenvalue weighted by Crippen LogP contribution is 2.33.